The lowest BCUT2D eigenvalue weighted by atomic mass is 10.2. The predicted octanol–water partition coefficient (Wildman–Crippen LogP) is 2.04. The Labute approximate surface area is 152 Å². The highest BCUT2D eigenvalue weighted by atomic mass is 32.2. The molecule has 1 aliphatic rings. The average molecular weight is 372 g/mol. The SMILES string of the molecule is Cc1cc(CN2CCN(S(=O)(=O)c3cccc4cnccc34)CC2)no1. The van der Waals surface area contributed by atoms with Gasteiger partial charge >= 0.3 is 0 Å². The minimum Gasteiger partial charge on any atom is -0.361 e. The third-order valence-corrected chi connectivity index (χ3v) is 6.61. The molecular formula is C18H20N4O3S. The molecule has 26 heavy (non-hydrogen) atoms. The van der Waals surface area contributed by atoms with Crippen molar-refractivity contribution in [3.8, 4) is 0 Å². The number of piperazine rings is 1. The number of aryl methyl sites for hydroxylation is 1. The predicted molar refractivity (Wildman–Crippen MR) is 97.0 cm³/mol. The number of pyridine rings is 1. The number of fused-ring (bicyclic) bond motifs is 1. The molecule has 0 bridgehead atoms. The van der Waals surface area contributed by atoms with Crippen molar-refractivity contribution in [3.63, 3.8) is 0 Å². The van der Waals surface area contributed by atoms with E-state index >= 15 is 0 Å². The van der Waals surface area contributed by atoms with Gasteiger partial charge in [0.2, 0.25) is 10.0 Å². The number of benzene rings is 1. The molecule has 0 N–H and O–H groups in total. The fourth-order valence-corrected chi connectivity index (χ4v) is 4.94. The van der Waals surface area contributed by atoms with E-state index in [1.807, 2.05) is 19.1 Å². The molecular weight excluding hydrogens is 352 g/mol. The Balaban J connectivity index is 1.51. The van der Waals surface area contributed by atoms with Crippen molar-refractivity contribution in [1.29, 1.82) is 0 Å². The first kappa shape index (κ1) is 17.1. The molecule has 1 aliphatic heterocycles. The third kappa shape index (κ3) is 3.23. The zero-order valence-electron chi connectivity index (χ0n) is 14.5. The number of rotatable bonds is 4. The summed E-state index contributed by atoms with van der Waals surface area (Å²) in [7, 11) is -3.54. The molecule has 8 heteroatoms. The van der Waals surface area contributed by atoms with Crippen molar-refractivity contribution < 1.29 is 12.9 Å². The van der Waals surface area contributed by atoms with Crippen LogP contribution in [0, 0.1) is 6.92 Å². The summed E-state index contributed by atoms with van der Waals surface area (Å²) in [5, 5.41) is 5.54. The van der Waals surface area contributed by atoms with Crippen LogP contribution < -0.4 is 0 Å². The molecule has 1 saturated heterocycles. The van der Waals surface area contributed by atoms with Crippen LogP contribution in [0.1, 0.15) is 11.5 Å². The van der Waals surface area contributed by atoms with Crippen molar-refractivity contribution in [2.24, 2.45) is 0 Å². The molecule has 2 aromatic heterocycles. The van der Waals surface area contributed by atoms with Crippen LogP contribution in [-0.2, 0) is 16.6 Å². The Morgan fingerprint density at radius 1 is 1.15 bits per heavy atom. The molecule has 0 amide bonds. The van der Waals surface area contributed by atoms with Gasteiger partial charge in [0.25, 0.3) is 0 Å². The molecule has 0 atom stereocenters. The quantitative estimate of drug-likeness (QED) is 0.697. The Morgan fingerprint density at radius 2 is 1.96 bits per heavy atom. The van der Waals surface area contributed by atoms with Gasteiger partial charge in [-0.15, -0.1) is 0 Å². The van der Waals surface area contributed by atoms with E-state index < -0.39 is 10.0 Å². The Morgan fingerprint density at radius 3 is 2.69 bits per heavy atom. The summed E-state index contributed by atoms with van der Waals surface area (Å²) in [6.07, 6.45) is 3.31. The van der Waals surface area contributed by atoms with Crippen molar-refractivity contribution in [2.45, 2.75) is 18.4 Å². The largest absolute Gasteiger partial charge is 0.361 e. The van der Waals surface area contributed by atoms with E-state index in [0.717, 1.165) is 16.8 Å². The molecule has 4 rings (SSSR count). The zero-order valence-corrected chi connectivity index (χ0v) is 15.3. The van der Waals surface area contributed by atoms with Gasteiger partial charge in [-0.1, -0.05) is 17.3 Å². The fraction of sp³-hybridized carbons (Fsp3) is 0.333. The maximum Gasteiger partial charge on any atom is 0.243 e. The summed E-state index contributed by atoms with van der Waals surface area (Å²) >= 11 is 0. The summed E-state index contributed by atoms with van der Waals surface area (Å²) in [5.74, 6) is 0.784. The molecule has 0 saturated carbocycles. The summed E-state index contributed by atoms with van der Waals surface area (Å²) < 4.78 is 32.9. The van der Waals surface area contributed by atoms with E-state index in [1.165, 1.54) is 0 Å². The van der Waals surface area contributed by atoms with Gasteiger partial charge in [0, 0.05) is 62.0 Å². The van der Waals surface area contributed by atoms with E-state index in [2.05, 4.69) is 15.0 Å². The highest BCUT2D eigenvalue weighted by Gasteiger charge is 2.29. The number of aromatic nitrogens is 2. The summed E-state index contributed by atoms with van der Waals surface area (Å²) in [5.41, 5.74) is 0.875. The molecule has 3 aromatic rings. The normalized spacial score (nSPS) is 17.0. The van der Waals surface area contributed by atoms with E-state index in [4.69, 9.17) is 4.52 Å². The Kier molecular flexibility index (Phi) is 4.47. The maximum absolute atomic E-state index is 13.1. The minimum absolute atomic E-state index is 0.345. The lowest BCUT2D eigenvalue weighted by Gasteiger charge is -2.33. The zero-order chi connectivity index (χ0) is 18.1. The number of hydrogen-bond donors (Lipinski definition) is 0. The van der Waals surface area contributed by atoms with Crippen molar-refractivity contribution in [1.82, 2.24) is 19.3 Å². The van der Waals surface area contributed by atoms with Gasteiger partial charge in [-0.2, -0.15) is 4.31 Å². The molecule has 0 radical (unpaired) electrons. The van der Waals surface area contributed by atoms with E-state index in [0.29, 0.717) is 43.0 Å². The monoisotopic (exact) mass is 372 g/mol. The minimum atomic E-state index is -3.54. The molecule has 0 spiro atoms. The highest BCUT2D eigenvalue weighted by molar-refractivity contribution is 7.89. The number of sulfonamides is 1. The second kappa shape index (κ2) is 6.79. The van der Waals surface area contributed by atoms with Crippen molar-refractivity contribution >= 4 is 20.8 Å². The van der Waals surface area contributed by atoms with Crippen LogP contribution in [0.2, 0.25) is 0 Å². The molecule has 0 unspecified atom stereocenters. The van der Waals surface area contributed by atoms with Crippen LogP contribution in [-0.4, -0.2) is 53.9 Å². The third-order valence-electron chi connectivity index (χ3n) is 4.65. The van der Waals surface area contributed by atoms with Gasteiger partial charge in [0.05, 0.1) is 10.6 Å². The van der Waals surface area contributed by atoms with Gasteiger partial charge < -0.3 is 4.52 Å². The molecule has 7 nitrogen and oxygen atoms in total. The van der Waals surface area contributed by atoms with Crippen molar-refractivity contribution in [2.75, 3.05) is 26.2 Å². The molecule has 0 aliphatic carbocycles. The smallest absolute Gasteiger partial charge is 0.243 e. The summed E-state index contributed by atoms with van der Waals surface area (Å²) in [6, 6.07) is 8.97. The number of nitrogens with zero attached hydrogens (tertiary/aromatic N) is 4. The van der Waals surface area contributed by atoms with Gasteiger partial charge in [-0.25, -0.2) is 8.42 Å². The van der Waals surface area contributed by atoms with Crippen LogP contribution in [0.5, 0.6) is 0 Å². The number of hydrogen-bond acceptors (Lipinski definition) is 6. The van der Waals surface area contributed by atoms with Crippen LogP contribution in [0.3, 0.4) is 0 Å². The first-order chi connectivity index (χ1) is 12.5. The average Bonchev–Trinajstić information content (AvgIpc) is 3.06. The van der Waals surface area contributed by atoms with Gasteiger partial charge in [0.1, 0.15) is 5.76 Å². The standard InChI is InChI=1S/C18H20N4O3S/c1-14-11-16(20-25-14)13-21-7-9-22(10-8-21)26(23,24)18-4-2-3-15-12-19-6-5-17(15)18/h2-6,11-12H,7-10,13H2,1H3. The first-order valence-corrected chi connectivity index (χ1v) is 9.95. The van der Waals surface area contributed by atoms with Crippen LogP contribution in [0.4, 0.5) is 0 Å². The van der Waals surface area contributed by atoms with E-state index in [1.54, 1.807) is 34.9 Å². The van der Waals surface area contributed by atoms with Gasteiger partial charge in [-0.3, -0.25) is 9.88 Å². The lowest BCUT2D eigenvalue weighted by molar-refractivity contribution is 0.177. The Hall–Kier alpha value is -2.29. The molecule has 3 heterocycles. The van der Waals surface area contributed by atoms with E-state index in [-0.39, 0.29) is 0 Å². The summed E-state index contributed by atoms with van der Waals surface area (Å²) in [6.45, 7) is 4.78. The van der Waals surface area contributed by atoms with Gasteiger partial charge in [0.15, 0.2) is 0 Å². The highest BCUT2D eigenvalue weighted by Crippen LogP contribution is 2.26. The Bertz CT molecular complexity index is 1020. The van der Waals surface area contributed by atoms with Crippen molar-refractivity contribution in [3.05, 3.63) is 54.2 Å². The molecule has 136 valence electrons. The van der Waals surface area contributed by atoms with Crippen LogP contribution in [0.15, 0.2) is 52.1 Å². The second-order valence-corrected chi connectivity index (χ2v) is 8.37. The summed E-state index contributed by atoms with van der Waals surface area (Å²) in [4.78, 5) is 6.61. The second-order valence-electron chi connectivity index (χ2n) is 6.46. The van der Waals surface area contributed by atoms with Gasteiger partial charge in [-0.05, 0) is 19.1 Å². The van der Waals surface area contributed by atoms with E-state index in [9.17, 15) is 8.42 Å². The first-order valence-electron chi connectivity index (χ1n) is 8.51. The lowest BCUT2D eigenvalue weighted by Crippen LogP contribution is -2.48. The van der Waals surface area contributed by atoms with Crippen LogP contribution >= 0.6 is 0 Å². The molecule has 1 aromatic carbocycles. The fourth-order valence-electron chi connectivity index (χ4n) is 3.31. The topological polar surface area (TPSA) is 79.5 Å². The maximum atomic E-state index is 13.1. The van der Waals surface area contributed by atoms with Crippen LogP contribution in [0.25, 0.3) is 10.8 Å². The molecule has 1 fully saturated rings.